The SMILES string of the molecule is c1ccc(-n2cc3c(n2)-n2c4ccccc4c4cccc(c42)C3(c2ccccc2)c2ccccc2)cc1. The van der Waals surface area contributed by atoms with Crippen molar-refractivity contribution in [3.63, 3.8) is 0 Å². The van der Waals surface area contributed by atoms with E-state index in [2.05, 4.69) is 138 Å². The van der Waals surface area contributed by atoms with E-state index < -0.39 is 5.41 Å². The monoisotopic (exact) mass is 473 g/mol. The molecule has 174 valence electrons. The smallest absolute Gasteiger partial charge is 0.164 e. The van der Waals surface area contributed by atoms with Gasteiger partial charge in [0.15, 0.2) is 5.82 Å². The third kappa shape index (κ3) is 2.63. The van der Waals surface area contributed by atoms with Crippen LogP contribution in [0, 0.1) is 0 Å². The number of nitrogens with zero attached hydrogens (tertiary/aromatic N) is 3. The van der Waals surface area contributed by atoms with Crippen molar-refractivity contribution in [1.82, 2.24) is 14.3 Å². The number of rotatable bonds is 3. The molecule has 0 spiro atoms. The minimum atomic E-state index is -0.519. The van der Waals surface area contributed by atoms with E-state index >= 15 is 0 Å². The van der Waals surface area contributed by atoms with Crippen molar-refractivity contribution in [3.8, 4) is 11.5 Å². The largest absolute Gasteiger partial charge is 0.292 e. The maximum Gasteiger partial charge on any atom is 0.164 e. The normalized spacial score (nSPS) is 13.6. The quantitative estimate of drug-likeness (QED) is 0.258. The van der Waals surface area contributed by atoms with Gasteiger partial charge in [-0.25, -0.2) is 4.68 Å². The molecule has 0 unspecified atom stereocenters. The Morgan fingerprint density at radius 2 is 1.11 bits per heavy atom. The van der Waals surface area contributed by atoms with Crippen LogP contribution in [0.1, 0.15) is 22.3 Å². The molecule has 3 heteroatoms. The molecule has 5 aromatic carbocycles. The van der Waals surface area contributed by atoms with E-state index in [1.54, 1.807) is 0 Å². The van der Waals surface area contributed by atoms with Crippen LogP contribution in [0.3, 0.4) is 0 Å². The molecule has 0 amide bonds. The van der Waals surface area contributed by atoms with Crippen LogP contribution < -0.4 is 0 Å². The van der Waals surface area contributed by atoms with Crippen molar-refractivity contribution in [2.75, 3.05) is 0 Å². The molecule has 0 aliphatic carbocycles. The lowest BCUT2D eigenvalue weighted by Crippen LogP contribution is -2.34. The molecule has 1 aliphatic rings. The average molecular weight is 474 g/mol. The summed E-state index contributed by atoms with van der Waals surface area (Å²) in [5, 5.41) is 7.79. The Balaban J connectivity index is 1.63. The molecule has 0 radical (unpaired) electrons. The van der Waals surface area contributed by atoms with E-state index in [1.807, 2.05) is 10.7 Å². The fraction of sp³-hybridized carbons (Fsp3) is 0.0294. The van der Waals surface area contributed by atoms with Crippen LogP contribution >= 0.6 is 0 Å². The molecule has 0 saturated heterocycles. The Labute approximate surface area is 214 Å². The maximum absolute atomic E-state index is 5.29. The molecule has 0 fully saturated rings. The fourth-order valence-electron chi connectivity index (χ4n) is 6.36. The van der Waals surface area contributed by atoms with Crippen LogP contribution in [0.2, 0.25) is 0 Å². The second-order valence-corrected chi connectivity index (χ2v) is 9.68. The first-order valence-corrected chi connectivity index (χ1v) is 12.7. The van der Waals surface area contributed by atoms with Gasteiger partial charge in [0, 0.05) is 22.5 Å². The molecule has 2 aromatic heterocycles. The van der Waals surface area contributed by atoms with Crippen LogP contribution in [-0.2, 0) is 5.41 Å². The summed E-state index contributed by atoms with van der Waals surface area (Å²) in [7, 11) is 0. The van der Waals surface area contributed by atoms with Gasteiger partial charge in [-0.05, 0) is 34.9 Å². The first kappa shape index (κ1) is 20.3. The van der Waals surface area contributed by atoms with Crippen molar-refractivity contribution >= 4 is 21.8 Å². The van der Waals surface area contributed by atoms with E-state index in [-0.39, 0.29) is 0 Å². The number of hydrogen-bond donors (Lipinski definition) is 0. The molecule has 0 atom stereocenters. The van der Waals surface area contributed by atoms with Crippen molar-refractivity contribution in [2.45, 2.75) is 5.41 Å². The molecule has 0 bridgehead atoms. The molecular formula is C34H23N3. The van der Waals surface area contributed by atoms with E-state index in [0.29, 0.717) is 0 Å². The summed E-state index contributed by atoms with van der Waals surface area (Å²) in [6.07, 6.45) is 2.24. The third-order valence-electron chi connectivity index (χ3n) is 7.84. The van der Waals surface area contributed by atoms with Gasteiger partial charge >= 0.3 is 0 Å². The van der Waals surface area contributed by atoms with Gasteiger partial charge in [0.2, 0.25) is 0 Å². The Morgan fingerprint density at radius 3 is 1.81 bits per heavy atom. The number of benzene rings is 5. The molecule has 0 saturated carbocycles. The molecule has 37 heavy (non-hydrogen) atoms. The highest BCUT2D eigenvalue weighted by Gasteiger charge is 2.47. The number of aromatic nitrogens is 3. The Bertz CT molecular complexity index is 1870. The molecule has 7 aromatic rings. The second-order valence-electron chi connectivity index (χ2n) is 9.68. The van der Waals surface area contributed by atoms with Crippen LogP contribution in [0.5, 0.6) is 0 Å². The first-order valence-electron chi connectivity index (χ1n) is 12.7. The summed E-state index contributed by atoms with van der Waals surface area (Å²) in [6.45, 7) is 0. The molecule has 0 N–H and O–H groups in total. The van der Waals surface area contributed by atoms with E-state index in [9.17, 15) is 0 Å². The highest BCUT2D eigenvalue weighted by atomic mass is 15.3. The van der Waals surface area contributed by atoms with E-state index in [0.717, 1.165) is 11.5 Å². The predicted molar refractivity (Wildman–Crippen MR) is 150 cm³/mol. The highest BCUT2D eigenvalue weighted by Crippen LogP contribution is 2.53. The lowest BCUT2D eigenvalue weighted by molar-refractivity contribution is 0.727. The van der Waals surface area contributed by atoms with Crippen LogP contribution in [0.25, 0.3) is 33.3 Å². The van der Waals surface area contributed by atoms with Gasteiger partial charge in [0.1, 0.15) is 0 Å². The van der Waals surface area contributed by atoms with Crippen molar-refractivity contribution in [3.05, 3.63) is 162 Å². The van der Waals surface area contributed by atoms with Gasteiger partial charge in [0.05, 0.1) is 22.1 Å². The van der Waals surface area contributed by atoms with Gasteiger partial charge in [-0.2, -0.15) is 0 Å². The second kappa shape index (κ2) is 7.55. The molecule has 8 rings (SSSR count). The van der Waals surface area contributed by atoms with E-state index in [1.165, 1.54) is 44.1 Å². The lowest BCUT2D eigenvalue weighted by Gasteiger charge is -2.39. The summed E-state index contributed by atoms with van der Waals surface area (Å²) in [4.78, 5) is 0. The Kier molecular flexibility index (Phi) is 4.15. The summed E-state index contributed by atoms with van der Waals surface area (Å²) in [5.41, 5.74) is 7.85. The molecule has 3 heterocycles. The number of fused-ring (bicyclic) bond motifs is 5. The summed E-state index contributed by atoms with van der Waals surface area (Å²) in [5.74, 6) is 0.974. The maximum atomic E-state index is 5.29. The molecular weight excluding hydrogens is 450 g/mol. The van der Waals surface area contributed by atoms with Crippen molar-refractivity contribution in [1.29, 1.82) is 0 Å². The standard InChI is InChI=1S/C34H23N3/c1-4-13-24(14-5-1)34(25-15-6-2-7-16-25)29-21-12-20-28-27-19-10-11-22-31(27)37(32(28)29)33-30(34)23-36(35-33)26-17-8-3-9-18-26/h1-23H. The number of para-hydroxylation sites is 3. The van der Waals surface area contributed by atoms with Gasteiger partial charge in [-0.3, -0.25) is 4.57 Å². The van der Waals surface area contributed by atoms with Crippen LogP contribution in [0.15, 0.2) is 140 Å². The summed E-state index contributed by atoms with van der Waals surface area (Å²) < 4.78 is 4.41. The summed E-state index contributed by atoms with van der Waals surface area (Å²) >= 11 is 0. The average Bonchev–Trinajstić information content (AvgIpc) is 3.56. The van der Waals surface area contributed by atoms with Gasteiger partial charge in [-0.15, -0.1) is 5.10 Å². The minimum Gasteiger partial charge on any atom is -0.292 e. The topological polar surface area (TPSA) is 22.8 Å². The zero-order valence-electron chi connectivity index (χ0n) is 20.1. The van der Waals surface area contributed by atoms with Crippen molar-refractivity contribution < 1.29 is 0 Å². The predicted octanol–water partition coefficient (Wildman–Crippen LogP) is 7.67. The summed E-state index contributed by atoms with van der Waals surface area (Å²) in [6, 6.07) is 47.6. The fourth-order valence-corrected chi connectivity index (χ4v) is 6.36. The van der Waals surface area contributed by atoms with Crippen LogP contribution in [-0.4, -0.2) is 14.3 Å². The van der Waals surface area contributed by atoms with E-state index in [4.69, 9.17) is 5.10 Å². The third-order valence-corrected chi connectivity index (χ3v) is 7.84. The minimum absolute atomic E-state index is 0.519. The van der Waals surface area contributed by atoms with Gasteiger partial charge in [-0.1, -0.05) is 115 Å². The van der Waals surface area contributed by atoms with Crippen molar-refractivity contribution in [2.24, 2.45) is 0 Å². The van der Waals surface area contributed by atoms with Crippen LogP contribution in [0.4, 0.5) is 0 Å². The lowest BCUT2D eigenvalue weighted by atomic mass is 9.64. The Morgan fingerprint density at radius 1 is 0.514 bits per heavy atom. The zero-order valence-corrected chi connectivity index (χ0v) is 20.1. The molecule has 1 aliphatic heterocycles. The molecule has 3 nitrogen and oxygen atoms in total. The highest BCUT2D eigenvalue weighted by molar-refractivity contribution is 6.11. The Hall–Kier alpha value is -4.89. The zero-order chi connectivity index (χ0) is 24.4. The van der Waals surface area contributed by atoms with Gasteiger partial charge in [0.25, 0.3) is 0 Å². The number of hydrogen-bond acceptors (Lipinski definition) is 1. The first-order chi connectivity index (χ1) is 18.4. The van der Waals surface area contributed by atoms with Gasteiger partial charge < -0.3 is 0 Å².